The number of hydrogen-bond donors (Lipinski definition) is 1. The molecule has 0 aromatic carbocycles. The molecule has 0 atom stereocenters. The van der Waals surface area contributed by atoms with Crippen LogP contribution in [0.3, 0.4) is 0 Å². The Balaban J connectivity index is 7.45. The maximum absolute atomic E-state index is 14.6. The van der Waals surface area contributed by atoms with Gasteiger partial charge in [0.15, 0.2) is 0 Å². The van der Waals surface area contributed by atoms with Crippen LogP contribution in [0.2, 0.25) is 0 Å². The molecule has 0 rings (SSSR count). The highest BCUT2D eigenvalue weighted by Gasteiger charge is 3.00. The minimum Gasteiger partial charge on any atom is -0.544 e. The molecule has 0 radical (unpaired) electrons. The van der Waals surface area contributed by atoms with Crippen LogP contribution in [-0.2, 0) is 19.6 Å². The predicted octanol–water partition coefficient (Wildman–Crippen LogP) is 5.43. The van der Waals surface area contributed by atoms with Gasteiger partial charge in [0.1, 0.15) is 13.1 Å². The lowest BCUT2D eigenvalue weighted by Gasteiger charge is -2.45. The lowest BCUT2D eigenvalue weighted by molar-refractivity contribution is -0.884. The number of carboxylic acids is 2. The lowest BCUT2D eigenvalue weighted by Crippen LogP contribution is -2.78. The zero-order chi connectivity index (χ0) is 45.3. The van der Waals surface area contributed by atoms with Gasteiger partial charge in [0.2, 0.25) is 0 Å². The molecule has 0 aliphatic heterocycles. The fraction of sp³-hybridized carbons (Fsp3) is 0.905. The second kappa shape index (κ2) is 14.2. The second-order valence-corrected chi connectivity index (χ2v) is 13.5. The van der Waals surface area contributed by atoms with Gasteiger partial charge in [-0.25, -0.2) is 8.42 Å². The molecule has 0 bridgehead atoms. The van der Waals surface area contributed by atoms with Crippen molar-refractivity contribution in [2.45, 2.75) is 77.1 Å². The highest BCUT2D eigenvalue weighted by molar-refractivity contribution is 7.90. The topological polar surface area (TPSA) is 115 Å². The zero-order valence-electron chi connectivity index (χ0n) is 25.8. The van der Waals surface area contributed by atoms with E-state index in [0.29, 0.717) is 0 Å². The Kier molecular flexibility index (Phi) is 13.4. The van der Waals surface area contributed by atoms with Gasteiger partial charge >= 0.3 is 76.6 Å². The van der Waals surface area contributed by atoms with Crippen LogP contribution in [0.4, 0.5) is 110 Å². The third-order valence-electron chi connectivity index (χ3n) is 6.97. The van der Waals surface area contributed by atoms with Crippen LogP contribution in [0.15, 0.2) is 0 Å². The van der Waals surface area contributed by atoms with E-state index in [-0.39, 0.29) is 0 Å². The molecule has 0 unspecified atom stereocenters. The van der Waals surface area contributed by atoms with Gasteiger partial charge in [-0.05, 0) is 0 Å². The van der Waals surface area contributed by atoms with Gasteiger partial charge in [-0.15, -0.1) is 0 Å². The van der Waals surface area contributed by atoms with Gasteiger partial charge in [-0.3, -0.25) is 4.79 Å². The van der Waals surface area contributed by atoms with Crippen molar-refractivity contribution in [1.82, 2.24) is 4.31 Å². The van der Waals surface area contributed by atoms with E-state index in [4.69, 9.17) is 5.11 Å². The van der Waals surface area contributed by atoms with Crippen LogP contribution in [0.5, 0.6) is 0 Å². The number of carbonyl (C=O) groups excluding carboxylic acids is 1. The first kappa shape index (κ1) is 52.1. The minimum atomic E-state index is -9.86. The average molecular weight is 900 g/mol. The van der Waals surface area contributed by atoms with E-state index in [2.05, 4.69) is 0 Å². The van der Waals surface area contributed by atoms with Gasteiger partial charge in [-0.1, -0.05) is 0 Å². The second-order valence-electron chi connectivity index (χ2n) is 11.5. The van der Waals surface area contributed by atoms with Crippen molar-refractivity contribution in [3.63, 3.8) is 0 Å². The highest BCUT2D eigenvalue weighted by Crippen LogP contribution is 2.68. The van der Waals surface area contributed by atoms with E-state index in [0.717, 1.165) is 14.1 Å². The van der Waals surface area contributed by atoms with E-state index in [1.807, 2.05) is 0 Å². The number of carbonyl (C=O) groups is 2. The summed E-state index contributed by atoms with van der Waals surface area (Å²) in [7, 11) is -6.36. The van der Waals surface area contributed by atoms with Crippen molar-refractivity contribution >= 4 is 22.0 Å². The molecule has 55 heavy (non-hydrogen) atoms. The monoisotopic (exact) mass is 900 g/mol. The van der Waals surface area contributed by atoms with Gasteiger partial charge in [0, 0.05) is 13.0 Å². The van der Waals surface area contributed by atoms with Crippen LogP contribution in [0, 0.1) is 0 Å². The standard InChI is InChI=1S/C21H17F25N2O6S/c1-48(2,7-9(51)52)5-3-4-47(6-8(49)50)55(53,54)21(45,46)19(40,41)17(36,37)15(32,33)13(28,29)11(24,25)10(22,23)12(26,27)14(30,31)16(34,35)18(38,39)20(42,43)44/h3-7H2,1-2H3,(H-,49,50,51,52). The molecule has 0 aliphatic carbocycles. The molecular formula is C21H17F25N2O6S. The number of rotatable bonds is 20. The molecular weight excluding hydrogens is 883 g/mol. The third kappa shape index (κ3) is 7.61. The van der Waals surface area contributed by atoms with Crippen molar-refractivity contribution in [2.24, 2.45) is 0 Å². The van der Waals surface area contributed by atoms with E-state index < -0.39 is 134 Å². The smallest absolute Gasteiger partial charge is 0.460 e. The summed E-state index contributed by atoms with van der Waals surface area (Å²) in [6.07, 6.45) is -9.49. The van der Waals surface area contributed by atoms with Crippen LogP contribution < -0.4 is 5.11 Å². The van der Waals surface area contributed by atoms with Crippen molar-refractivity contribution in [3.8, 4) is 0 Å². The summed E-state index contributed by atoms with van der Waals surface area (Å²) in [6.45, 7) is -6.54. The Morgan fingerprint density at radius 1 is 0.545 bits per heavy atom. The average Bonchev–Trinajstić information content (AvgIpc) is 2.93. The Hall–Kier alpha value is -2.94. The van der Waals surface area contributed by atoms with Crippen molar-refractivity contribution < 1.29 is 142 Å². The molecule has 0 fully saturated rings. The quantitative estimate of drug-likeness (QED) is 0.129. The van der Waals surface area contributed by atoms with E-state index in [1.54, 1.807) is 0 Å². The molecule has 0 spiro atoms. The number of quaternary nitrogens is 1. The van der Waals surface area contributed by atoms with Crippen LogP contribution in [-0.4, -0.2) is 145 Å². The molecule has 34 heteroatoms. The first-order chi connectivity index (χ1) is 23.4. The fourth-order valence-electron chi connectivity index (χ4n) is 3.80. The predicted molar refractivity (Wildman–Crippen MR) is 120 cm³/mol. The van der Waals surface area contributed by atoms with Gasteiger partial charge < -0.3 is 19.5 Å². The van der Waals surface area contributed by atoms with Crippen molar-refractivity contribution in [3.05, 3.63) is 0 Å². The molecule has 1 N–H and O–H groups in total. The Morgan fingerprint density at radius 2 is 0.818 bits per heavy atom. The summed E-state index contributed by atoms with van der Waals surface area (Å²) in [4.78, 5) is 21.6. The molecule has 0 amide bonds. The zero-order valence-corrected chi connectivity index (χ0v) is 26.6. The number of likely N-dealkylation sites (N-methyl/N-ethyl adjacent to an activating group) is 1. The normalized spacial score (nSPS) is 16.1. The summed E-state index contributed by atoms with van der Waals surface area (Å²) in [5.74, 6) is -99.6. The largest absolute Gasteiger partial charge is 0.544 e. The van der Waals surface area contributed by atoms with E-state index >= 15 is 0 Å². The Labute approximate surface area is 287 Å². The molecule has 0 aliphatic rings. The van der Waals surface area contributed by atoms with Crippen molar-refractivity contribution in [2.75, 3.05) is 40.3 Å². The summed E-state index contributed by atoms with van der Waals surface area (Å²) < 4.78 is 365. The van der Waals surface area contributed by atoms with Gasteiger partial charge in [-0.2, -0.15) is 114 Å². The van der Waals surface area contributed by atoms with Crippen molar-refractivity contribution in [1.29, 1.82) is 0 Å². The highest BCUT2D eigenvalue weighted by atomic mass is 32.2. The molecule has 0 saturated carbocycles. The first-order valence-electron chi connectivity index (χ1n) is 12.9. The SMILES string of the molecule is C[N+](C)(CCCN(CC(=O)O)S(=O)(=O)C(F)(F)C(F)(F)C(F)(F)C(F)(F)C(F)(F)C(F)(F)C(F)(F)C(F)(F)C(F)(F)C(F)(F)C(F)(F)C(F)(F)F)CC(=O)[O-]. The first-order valence-corrected chi connectivity index (χ1v) is 14.3. The summed E-state index contributed by atoms with van der Waals surface area (Å²) in [5, 5.41) is 11.1. The Morgan fingerprint density at radius 3 is 1.07 bits per heavy atom. The number of sulfonamides is 1. The van der Waals surface area contributed by atoms with Crippen LogP contribution in [0.1, 0.15) is 6.42 Å². The summed E-state index contributed by atoms with van der Waals surface area (Å²) in [6, 6.07) is 0. The van der Waals surface area contributed by atoms with E-state index in [9.17, 15) is 133 Å². The molecule has 0 aromatic rings. The third-order valence-corrected chi connectivity index (χ3v) is 8.87. The number of alkyl halides is 25. The number of aliphatic carboxylic acids is 2. The number of halogens is 25. The fourth-order valence-corrected chi connectivity index (χ4v) is 5.23. The van der Waals surface area contributed by atoms with Crippen LogP contribution in [0.25, 0.3) is 0 Å². The molecule has 0 aromatic heterocycles. The van der Waals surface area contributed by atoms with E-state index in [1.165, 1.54) is 0 Å². The number of carboxylic acid groups (broad SMARTS) is 2. The van der Waals surface area contributed by atoms with Gasteiger partial charge in [0.25, 0.3) is 10.0 Å². The molecule has 328 valence electrons. The van der Waals surface area contributed by atoms with Gasteiger partial charge in [0.05, 0.1) is 26.6 Å². The molecule has 0 saturated heterocycles. The molecule has 8 nitrogen and oxygen atoms in total. The molecule has 0 heterocycles. The van der Waals surface area contributed by atoms with Crippen LogP contribution >= 0.6 is 0 Å². The number of nitrogens with zero attached hydrogens (tertiary/aromatic N) is 2. The summed E-state index contributed by atoms with van der Waals surface area (Å²) in [5.41, 5.74) is 0. The Bertz CT molecular complexity index is 1540. The number of hydrogen-bond acceptors (Lipinski definition) is 5. The maximum Gasteiger partial charge on any atom is 0.460 e. The summed E-state index contributed by atoms with van der Waals surface area (Å²) >= 11 is 0. The lowest BCUT2D eigenvalue weighted by atomic mass is 9.85. The minimum absolute atomic E-state index is 0.866. The maximum atomic E-state index is 14.6.